The van der Waals surface area contributed by atoms with Crippen molar-refractivity contribution in [2.75, 3.05) is 6.54 Å². The van der Waals surface area contributed by atoms with Crippen LogP contribution in [0.3, 0.4) is 0 Å². The zero-order valence-corrected chi connectivity index (χ0v) is 14.4. The molecule has 1 amide bonds. The molecule has 0 spiro atoms. The standard InChI is InChI=1S/C19H26N2O4/c22-18(23)12-20-15-6-8-16(9-7-15)21(17-10-11-17)19(24)25-13-14-4-2-1-3-5-14/h1-5,15-17,20H,6-13H2,(H,22,23). The van der Waals surface area contributed by atoms with Crippen LogP contribution >= 0.6 is 0 Å². The molecule has 0 bridgehead atoms. The van der Waals surface area contributed by atoms with Gasteiger partial charge in [-0.25, -0.2) is 4.79 Å². The fraction of sp³-hybridized carbons (Fsp3) is 0.579. The molecule has 0 saturated heterocycles. The molecular formula is C19H26N2O4. The van der Waals surface area contributed by atoms with Gasteiger partial charge in [-0.05, 0) is 44.1 Å². The van der Waals surface area contributed by atoms with Gasteiger partial charge in [-0.15, -0.1) is 0 Å². The second kappa shape index (κ2) is 8.34. The van der Waals surface area contributed by atoms with Crippen molar-refractivity contribution in [2.45, 2.75) is 63.3 Å². The van der Waals surface area contributed by atoms with Gasteiger partial charge in [0.15, 0.2) is 0 Å². The van der Waals surface area contributed by atoms with Crippen LogP contribution in [0.25, 0.3) is 0 Å². The summed E-state index contributed by atoms with van der Waals surface area (Å²) in [5, 5.41) is 11.8. The van der Waals surface area contributed by atoms with E-state index in [0.29, 0.717) is 12.6 Å². The molecule has 2 aliphatic carbocycles. The van der Waals surface area contributed by atoms with Crippen LogP contribution in [0.4, 0.5) is 4.79 Å². The number of ether oxygens (including phenoxy) is 1. The average molecular weight is 346 g/mol. The summed E-state index contributed by atoms with van der Waals surface area (Å²) in [7, 11) is 0. The molecule has 25 heavy (non-hydrogen) atoms. The van der Waals surface area contributed by atoms with Crippen LogP contribution in [0.5, 0.6) is 0 Å². The van der Waals surface area contributed by atoms with Crippen LogP contribution in [0, 0.1) is 0 Å². The van der Waals surface area contributed by atoms with Crippen molar-refractivity contribution >= 4 is 12.1 Å². The van der Waals surface area contributed by atoms with Crippen molar-refractivity contribution in [3.63, 3.8) is 0 Å². The van der Waals surface area contributed by atoms with Crippen LogP contribution in [-0.2, 0) is 16.1 Å². The first-order valence-corrected chi connectivity index (χ1v) is 9.07. The average Bonchev–Trinajstić information content (AvgIpc) is 3.45. The molecular weight excluding hydrogens is 320 g/mol. The summed E-state index contributed by atoms with van der Waals surface area (Å²) in [6, 6.07) is 10.5. The van der Waals surface area contributed by atoms with Crippen LogP contribution in [0.1, 0.15) is 44.1 Å². The fourth-order valence-electron chi connectivity index (χ4n) is 3.53. The summed E-state index contributed by atoms with van der Waals surface area (Å²) in [5.41, 5.74) is 0.994. The van der Waals surface area contributed by atoms with Gasteiger partial charge < -0.3 is 20.1 Å². The molecule has 0 radical (unpaired) electrons. The highest BCUT2D eigenvalue weighted by molar-refractivity contribution is 5.69. The Balaban J connectivity index is 1.50. The van der Waals surface area contributed by atoms with Crippen LogP contribution < -0.4 is 5.32 Å². The van der Waals surface area contributed by atoms with E-state index in [-0.39, 0.29) is 24.7 Å². The van der Waals surface area contributed by atoms with E-state index in [9.17, 15) is 9.59 Å². The van der Waals surface area contributed by atoms with E-state index in [1.807, 2.05) is 35.2 Å². The number of aliphatic carboxylic acids is 1. The third-order valence-electron chi connectivity index (χ3n) is 4.99. The molecule has 1 aromatic carbocycles. The lowest BCUT2D eigenvalue weighted by Crippen LogP contribution is -2.47. The van der Waals surface area contributed by atoms with Crippen molar-refractivity contribution in [3.05, 3.63) is 35.9 Å². The highest BCUT2D eigenvalue weighted by Gasteiger charge is 2.39. The van der Waals surface area contributed by atoms with Gasteiger partial charge in [-0.3, -0.25) is 4.79 Å². The number of nitrogens with one attached hydrogen (secondary N) is 1. The van der Waals surface area contributed by atoms with Crippen molar-refractivity contribution in [1.82, 2.24) is 10.2 Å². The number of carboxylic acids is 1. The maximum atomic E-state index is 12.6. The summed E-state index contributed by atoms with van der Waals surface area (Å²) < 4.78 is 5.54. The molecule has 2 N–H and O–H groups in total. The third-order valence-corrected chi connectivity index (χ3v) is 4.99. The van der Waals surface area contributed by atoms with Gasteiger partial charge in [0, 0.05) is 18.1 Å². The van der Waals surface area contributed by atoms with E-state index in [1.165, 1.54) is 0 Å². The summed E-state index contributed by atoms with van der Waals surface area (Å²) >= 11 is 0. The molecule has 0 aliphatic heterocycles. The SMILES string of the molecule is O=C(O)CNC1CCC(N(C(=O)OCc2ccccc2)C2CC2)CC1. The molecule has 2 saturated carbocycles. The fourth-order valence-corrected chi connectivity index (χ4v) is 3.53. The number of carbonyl (C=O) groups is 2. The summed E-state index contributed by atoms with van der Waals surface area (Å²) in [6.07, 6.45) is 5.48. The summed E-state index contributed by atoms with van der Waals surface area (Å²) in [5.74, 6) is -0.828. The predicted molar refractivity (Wildman–Crippen MR) is 93.2 cm³/mol. The Morgan fingerprint density at radius 3 is 2.20 bits per heavy atom. The number of amides is 1. The first-order chi connectivity index (χ1) is 12.1. The van der Waals surface area contributed by atoms with E-state index in [0.717, 1.165) is 44.1 Å². The summed E-state index contributed by atoms with van der Waals surface area (Å²) in [6.45, 7) is 0.305. The van der Waals surface area contributed by atoms with Crippen molar-refractivity contribution in [3.8, 4) is 0 Å². The number of carbonyl (C=O) groups excluding carboxylic acids is 1. The number of rotatable bonds is 7. The Hall–Kier alpha value is -2.08. The maximum absolute atomic E-state index is 12.6. The number of hydrogen-bond acceptors (Lipinski definition) is 4. The van der Waals surface area contributed by atoms with Gasteiger partial charge in [0.1, 0.15) is 6.61 Å². The molecule has 2 fully saturated rings. The number of carboxylic acid groups (broad SMARTS) is 1. The van der Waals surface area contributed by atoms with Crippen LogP contribution in [-0.4, -0.2) is 46.7 Å². The molecule has 6 nitrogen and oxygen atoms in total. The number of benzene rings is 1. The Morgan fingerprint density at radius 2 is 1.64 bits per heavy atom. The Kier molecular flexibility index (Phi) is 5.91. The monoisotopic (exact) mass is 346 g/mol. The van der Waals surface area contributed by atoms with E-state index >= 15 is 0 Å². The lowest BCUT2D eigenvalue weighted by Gasteiger charge is -2.36. The zero-order valence-electron chi connectivity index (χ0n) is 14.4. The van der Waals surface area contributed by atoms with E-state index in [4.69, 9.17) is 9.84 Å². The largest absolute Gasteiger partial charge is 0.480 e. The Morgan fingerprint density at radius 1 is 1.04 bits per heavy atom. The number of nitrogens with zero attached hydrogens (tertiary/aromatic N) is 1. The maximum Gasteiger partial charge on any atom is 0.410 e. The highest BCUT2D eigenvalue weighted by Crippen LogP contribution is 2.34. The molecule has 1 aromatic rings. The second-order valence-corrected chi connectivity index (χ2v) is 6.96. The smallest absolute Gasteiger partial charge is 0.410 e. The normalized spacial score (nSPS) is 23.0. The minimum absolute atomic E-state index is 0.000784. The highest BCUT2D eigenvalue weighted by atomic mass is 16.6. The van der Waals surface area contributed by atoms with Crippen molar-refractivity contribution in [2.24, 2.45) is 0 Å². The van der Waals surface area contributed by atoms with Crippen molar-refractivity contribution in [1.29, 1.82) is 0 Å². The van der Waals surface area contributed by atoms with Crippen LogP contribution in [0.15, 0.2) is 30.3 Å². The van der Waals surface area contributed by atoms with Gasteiger partial charge in [0.05, 0.1) is 6.54 Å². The quantitative estimate of drug-likeness (QED) is 0.794. The topological polar surface area (TPSA) is 78.9 Å². The van der Waals surface area contributed by atoms with E-state index in [1.54, 1.807) is 0 Å². The minimum atomic E-state index is -0.828. The molecule has 2 aliphatic rings. The van der Waals surface area contributed by atoms with Gasteiger partial charge in [-0.2, -0.15) is 0 Å². The molecule has 0 unspecified atom stereocenters. The molecule has 136 valence electrons. The van der Waals surface area contributed by atoms with E-state index < -0.39 is 5.97 Å². The van der Waals surface area contributed by atoms with Gasteiger partial charge in [0.2, 0.25) is 0 Å². The first-order valence-electron chi connectivity index (χ1n) is 9.07. The predicted octanol–water partition coefficient (Wildman–Crippen LogP) is 2.77. The summed E-state index contributed by atoms with van der Waals surface area (Å²) in [4.78, 5) is 25.2. The Labute approximate surface area is 148 Å². The molecule has 3 rings (SSSR count). The van der Waals surface area contributed by atoms with Gasteiger partial charge in [-0.1, -0.05) is 30.3 Å². The van der Waals surface area contributed by atoms with Gasteiger partial charge >= 0.3 is 12.1 Å². The zero-order chi connectivity index (χ0) is 17.6. The first kappa shape index (κ1) is 17.7. The molecule has 0 heterocycles. The minimum Gasteiger partial charge on any atom is -0.480 e. The van der Waals surface area contributed by atoms with E-state index in [2.05, 4.69) is 5.32 Å². The van der Waals surface area contributed by atoms with Crippen molar-refractivity contribution < 1.29 is 19.4 Å². The third kappa shape index (κ3) is 5.19. The van der Waals surface area contributed by atoms with Gasteiger partial charge in [0.25, 0.3) is 0 Å². The molecule has 0 atom stereocenters. The lowest BCUT2D eigenvalue weighted by molar-refractivity contribution is -0.136. The second-order valence-electron chi connectivity index (χ2n) is 6.96. The lowest BCUT2D eigenvalue weighted by atomic mass is 9.90. The van der Waals surface area contributed by atoms with Crippen LogP contribution in [0.2, 0.25) is 0 Å². The molecule has 6 heteroatoms. The molecule has 0 aromatic heterocycles. The Bertz CT molecular complexity index is 580. The number of hydrogen-bond donors (Lipinski definition) is 2.